The van der Waals surface area contributed by atoms with E-state index >= 15 is 0 Å². The first-order valence-corrected chi connectivity index (χ1v) is 13.8. The summed E-state index contributed by atoms with van der Waals surface area (Å²) in [5.74, 6) is -0.490. The van der Waals surface area contributed by atoms with Crippen LogP contribution in [0.3, 0.4) is 0 Å². The van der Waals surface area contributed by atoms with Crippen LogP contribution in [0.2, 0.25) is 5.02 Å². The van der Waals surface area contributed by atoms with Gasteiger partial charge in [-0.05, 0) is 49.2 Å². The molecule has 0 bridgehead atoms. The number of benzene rings is 3. The van der Waals surface area contributed by atoms with Gasteiger partial charge in [0.05, 0.1) is 34.1 Å². The number of para-hydroxylation sites is 1. The molecular weight excluding hydrogens is 530 g/mol. The minimum absolute atomic E-state index is 0.218. The number of fused-ring (bicyclic) bond motifs is 2. The van der Waals surface area contributed by atoms with Gasteiger partial charge in [0, 0.05) is 21.5 Å². The van der Waals surface area contributed by atoms with Crippen molar-refractivity contribution in [3.8, 4) is 11.3 Å². The maximum absolute atomic E-state index is 14.1. The maximum Gasteiger partial charge on any atom is 0.338 e. The fraction of sp³-hybridized carbons (Fsp3) is 0.129. The molecule has 1 aliphatic heterocycles. The van der Waals surface area contributed by atoms with Gasteiger partial charge in [0.2, 0.25) is 0 Å². The number of nitrogens with zero attached hydrogens (tertiary/aromatic N) is 2. The molecule has 0 unspecified atom stereocenters. The summed E-state index contributed by atoms with van der Waals surface area (Å²) >= 11 is 7.47. The zero-order valence-electron chi connectivity index (χ0n) is 21.3. The molecular formula is C31H24ClN3O3S. The Balaban J connectivity index is 1.60. The molecule has 6 nitrogen and oxygen atoms in total. The highest BCUT2D eigenvalue weighted by Gasteiger charge is 2.33. The van der Waals surface area contributed by atoms with Gasteiger partial charge in [-0.2, -0.15) is 0 Å². The Morgan fingerprint density at radius 2 is 1.79 bits per heavy atom. The monoisotopic (exact) mass is 553 g/mol. The fourth-order valence-electron chi connectivity index (χ4n) is 5.03. The van der Waals surface area contributed by atoms with E-state index in [1.165, 1.54) is 11.3 Å². The molecule has 3 aromatic carbocycles. The third-order valence-electron chi connectivity index (χ3n) is 6.79. The number of allylic oxidation sites excluding steroid dienone is 1. The number of ether oxygens (including phenoxy) is 1. The lowest BCUT2D eigenvalue weighted by atomic mass is 9.96. The Hall–Kier alpha value is -4.20. The van der Waals surface area contributed by atoms with E-state index < -0.39 is 12.0 Å². The number of thiazole rings is 1. The first-order valence-electron chi connectivity index (χ1n) is 12.6. The molecule has 0 radical (unpaired) electrons. The van der Waals surface area contributed by atoms with Crippen LogP contribution in [0.15, 0.2) is 99.9 Å². The first-order chi connectivity index (χ1) is 19.0. The Morgan fingerprint density at radius 1 is 1.08 bits per heavy atom. The number of nitrogens with one attached hydrogen (secondary N) is 1. The molecule has 1 aliphatic rings. The topological polar surface area (TPSA) is 76.4 Å². The third-order valence-corrected chi connectivity index (χ3v) is 8.02. The predicted octanol–water partition coefficient (Wildman–Crippen LogP) is 5.60. The van der Waals surface area contributed by atoms with E-state index in [-0.39, 0.29) is 12.2 Å². The summed E-state index contributed by atoms with van der Waals surface area (Å²) in [5, 5.41) is 1.58. The van der Waals surface area contributed by atoms with E-state index in [0.29, 0.717) is 25.6 Å². The smallest absolute Gasteiger partial charge is 0.338 e. The molecule has 5 aromatic rings. The van der Waals surface area contributed by atoms with Crippen molar-refractivity contribution >= 4 is 45.9 Å². The number of hydrogen-bond donors (Lipinski definition) is 1. The van der Waals surface area contributed by atoms with Gasteiger partial charge in [0.15, 0.2) is 4.80 Å². The average molecular weight is 554 g/mol. The molecule has 0 saturated carbocycles. The van der Waals surface area contributed by atoms with Crippen molar-refractivity contribution < 1.29 is 9.53 Å². The van der Waals surface area contributed by atoms with Gasteiger partial charge < -0.3 is 9.72 Å². The van der Waals surface area contributed by atoms with Crippen molar-refractivity contribution in [2.24, 2.45) is 4.99 Å². The molecule has 6 rings (SSSR count). The van der Waals surface area contributed by atoms with Crippen LogP contribution in [0.4, 0.5) is 0 Å². The second kappa shape index (κ2) is 10.2. The molecule has 3 heterocycles. The third kappa shape index (κ3) is 4.43. The first kappa shape index (κ1) is 25.1. The lowest BCUT2D eigenvalue weighted by Crippen LogP contribution is -2.39. The van der Waals surface area contributed by atoms with Gasteiger partial charge in [0.1, 0.15) is 0 Å². The predicted molar refractivity (Wildman–Crippen MR) is 156 cm³/mol. The Morgan fingerprint density at radius 3 is 2.54 bits per heavy atom. The summed E-state index contributed by atoms with van der Waals surface area (Å²) < 4.78 is 7.49. The molecule has 0 aliphatic carbocycles. The van der Waals surface area contributed by atoms with E-state index in [1.807, 2.05) is 72.8 Å². The van der Waals surface area contributed by atoms with E-state index in [9.17, 15) is 9.59 Å². The number of carbonyl (C=O) groups excluding carboxylic acids is 1. The average Bonchev–Trinajstić information content (AvgIpc) is 3.46. The highest BCUT2D eigenvalue weighted by Crippen LogP contribution is 2.33. The van der Waals surface area contributed by atoms with Crippen LogP contribution in [0, 0.1) is 0 Å². The van der Waals surface area contributed by atoms with Crippen molar-refractivity contribution in [2.45, 2.75) is 19.9 Å². The van der Waals surface area contributed by atoms with Crippen LogP contribution in [0.1, 0.15) is 31.0 Å². The molecule has 0 fully saturated rings. The van der Waals surface area contributed by atoms with Crippen LogP contribution in [-0.2, 0) is 9.53 Å². The standard InChI is InChI=1S/C31H24ClN3O3S/c1-3-38-30(37)26-18(2)33-31-35(28(26)20-13-15-21(32)16-14-20)29(36)25(39-31)17-23-22-11-7-8-12-24(22)34-27(23)19-9-5-4-6-10-19/h4-17,28,34H,3H2,1-2H3/b25-17+/t28-/m1/s1. The number of esters is 1. The van der Waals surface area contributed by atoms with Crippen LogP contribution >= 0.6 is 22.9 Å². The quantitative estimate of drug-likeness (QED) is 0.288. The number of hydrogen-bond acceptors (Lipinski definition) is 5. The van der Waals surface area contributed by atoms with Crippen LogP contribution in [-0.4, -0.2) is 22.1 Å². The van der Waals surface area contributed by atoms with Crippen molar-refractivity contribution in [3.63, 3.8) is 0 Å². The van der Waals surface area contributed by atoms with Gasteiger partial charge in [0.25, 0.3) is 5.56 Å². The number of aromatic nitrogens is 2. The van der Waals surface area contributed by atoms with Gasteiger partial charge in [-0.1, -0.05) is 83.6 Å². The number of halogens is 1. The molecule has 194 valence electrons. The number of carbonyl (C=O) groups is 1. The second-order valence-electron chi connectivity index (χ2n) is 9.18. The zero-order chi connectivity index (χ0) is 27.1. The maximum atomic E-state index is 14.1. The van der Waals surface area contributed by atoms with E-state index in [4.69, 9.17) is 16.3 Å². The molecule has 0 spiro atoms. The van der Waals surface area contributed by atoms with Gasteiger partial charge in [-0.3, -0.25) is 9.36 Å². The van der Waals surface area contributed by atoms with Crippen molar-refractivity contribution in [3.05, 3.63) is 126 Å². The SMILES string of the molecule is CCOC(=O)C1=C(C)N=c2s/c(=C/c3c(-c4ccccc4)[nH]c4ccccc34)c(=O)n2[C@@H]1c1ccc(Cl)cc1. The molecule has 0 amide bonds. The van der Waals surface area contributed by atoms with Gasteiger partial charge in [-0.25, -0.2) is 9.79 Å². The summed E-state index contributed by atoms with van der Waals surface area (Å²) in [6, 6.07) is 24.6. The van der Waals surface area contributed by atoms with Crippen molar-refractivity contribution in [1.82, 2.24) is 9.55 Å². The molecule has 1 N–H and O–H groups in total. The Kier molecular flexibility index (Phi) is 6.54. The molecule has 2 aromatic heterocycles. The Labute approximate surface area is 233 Å². The lowest BCUT2D eigenvalue weighted by molar-refractivity contribution is -0.139. The Bertz CT molecular complexity index is 1930. The zero-order valence-corrected chi connectivity index (χ0v) is 22.8. The number of rotatable bonds is 5. The van der Waals surface area contributed by atoms with E-state index in [1.54, 1.807) is 30.5 Å². The molecule has 1 atom stereocenters. The number of H-pyrrole nitrogens is 1. The summed E-state index contributed by atoms with van der Waals surface area (Å²) in [6.45, 7) is 3.75. The van der Waals surface area contributed by atoms with Gasteiger partial charge >= 0.3 is 5.97 Å². The van der Waals surface area contributed by atoms with E-state index in [2.05, 4.69) is 9.98 Å². The minimum atomic E-state index is -0.684. The largest absolute Gasteiger partial charge is 0.463 e. The summed E-state index contributed by atoms with van der Waals surface area (Å²) in [7, 11) is 0. The van der Waals surface area contributed by atoms with Crippen LogP contribution < -0.4 is 14.9 Å². The van der Waals surface area contributed by atoms with E-state index in [0.717, 1.165) is 33.3 Å². The normalized spacial score (nSPS) is 15.4. The minimum Gasteiger partial charge on any atom is -0.463 e. The molecule has 39 heavy (non-hydrogen) atoms. The van der Waals surface area contributed by atoms with Crippen molar-refractivity contribution in [1.29, 1.82) is 0 Å². The van der Waals surface area contributed by atoms with Crippen LogP contribution in [0.25, 0.3) is 28.2 Å². The summed E-state index contributed by atoms with van der Waals surface area (Å²) in [4.78, 5) is 35.9. The second-order valence-corrected chi connectivity index (χ2v) is 10.6. The summed E-state index contributed by atoms with van der Waals surface area (Å²) in [6.07, 6.45) is 1.92. The molecule has 0 saturated heterocycles. The number of aromatic amines is 1. The highest BCUT2D eigenvalue weighted by atomic mass is 35.5. The fourth-order valence-corrected chi connectivity index (χ4v) is 6.18. The summed E-state index contributed by atoms with van der Waals surface area (Å²) in [5.41, 5.74) is 5.25. The lowest BCUT2D eigenvalue weighted by Gasteiger charge is -2.24. The van der Waals surface area contributed by atoms with Crippen LogP contribution in [0.5, 0.6) is 0 Å². The van der Waals surface area contributed by atoms with Gasteiger partial charge in [-0.15, -0.1) is 0 Å². The highest BCUT2D eigenvalue weighted by molar-refractivity contribution is 7.07. The van der Waals surface area contributed by atoms with Crippen molar-refractivity contribution in [2.75, 3.05) is 6.61 Å². The molecule has 8 heteroatoms.